The number of nitrogens with zero attached hydrogens (tertiary/aromatic N) is 2. The summed E-state index contributed by atoms with van der Waals surface area (Å²) in [6, 6.07) is 9.67. The van der Waals surface area contributed by atoms with Gasteiger partial charge in [0.1, 0.15) is 16.1 Å². The standard InChI is InChI=1S/C12H15N3OS/c1-8(16-2)11-14-15-12(17-11)10(13)9-6-4-3-5-7-9/h3-8,10H,13H2,1-2H3. The second-order valence-corrected chi connectivity index (χ2v) is 4.79. The number of hydrogen-bond acceptors (Lipinski definition) is 5. The predicted octanol–water partition coefficient (Wildman–Crippen LogP) is 2.29. The molecule has 1 heterocycles. The fourth-order valence-corrected chi connectivity index (χ4v) is 2.34. The maximum Gasteiger partial charge on any atom is 0.146 e. The van der Waals surface area contributed by atoms with Gasteiger partial charge in [0.25, 0.3) is 0 Å². The van der Waals surface area contributed by atoms with Crippen LogP contribution in [0.15, 0.2) is 30.3 Å². The number of ether oxygens (including phenoxy) is 1. The number of benzene rings is 1. The van der Waals surface area contributed by atoms with Crippen LogP contribution in [-0.2, 0) is 4.74 Å². The van der Waals surface area contributed by atoms with Gasteiger partial charge in [0, 0.05) is 7.11 Å². The van der Waals surface area contributed by atoms with Gasteiger partial charge in [0.05, 0.1) is 6.04 Å². The van der Waals surface area contributed by atoms with Crippen molar-refractivity contribution in [2.45, 2.75) is 19.1 Å². The molecule has 1 aromatic heterocycles. The van der Waals surface area contributed by atoms with Gasteiger partial charge in [-0.05, 0) is 12.5 Å². The lowest BCUT2D eigenvalue weighted by molar-refractivity contribution is 0.118. The summed E-state index contributed by atoms with van der Waals surface area (Å²) in [5.41, 5.74) is 7.18. The van der Waals surface area contributed by atoms with Gasteiger partial charge in [-0.15, -0.1) is 10.2 Å². The second kappa shape index (κ2) is 5.35. The van der Waals surface area contributed by atoms with E-state index in [0.717, 1.165) is 15.6 Å². The van der Waals surface area contributed by atoms with E-state index >= 15 is 0 Å². The molecule has 2 unspecified atom stereocenters. The van der Waals surface area contributed by atoms with Crippen LogP contribution in [0.5, 0.6) is 0 Å². The zero-order valence-electron chi connectivity index (χ0n) is 9.83. The quantitative estimate of drug-likeness (QED) is 0.903. The highest BCUT2D eigenvalue weighted by Crippen LogP contribution is 2.26. The summed E-state index contributed by atoms with van der Waals surface area (Å²) in [5.74, 6) is 0. The first-order chi connectivity index (χ1) is 8.22. The van der Waals surface area contributed by atoms with Gasteiger partial charge in [-0.2, -0.15) is 0 Å². The molecule has 0 aliphatic carbocycles. The van der Waals surface area contributed by atoms with Gasteiger partial charge in [0.15, 0.2) is 0 Å². The van der Waals surface area contributed by atoms with Crippen molar-refractivity contribution in [2.24, 2.45) is 5.73 Å². The Morgan fingerprint density at radius 1 is 1.18 bits per heavy atom. The maximum absolute atomic E-state index is 6.14. The molecule has 2 rings (SSSR count). The maximum atomic E-state index is 6.14. The van der Waals surface area contributed by atoms with Crippen LogP contribution in [0.4, 0.5) is 0 Å². The minimum atomic E-state index is -0.216. The van der Waals surface area contributed by atoms with E-state index in [1.165, 1.54) is 11.3 Å². The Labute approximate surface area is 104 Å². The highest BCUT2D eigenvalue weighted by atomic mass is 32.1. The minimum Gasteiger partial charge on any atom is -0.374 e. The van der Waals surface area contributed by atoms with Crippen molar-refractivity contribution in [2.75, 3.05) is 7.11 Å². The topological polar surface area (TPSA) is 61.0 Å². The van der Waals surface area contributed by atoms with E-state index < -0.39 is 0 Å². The molecule has 0 saturated carbocycles. The third-order valence-electron chi connectivity index (χ3n) is 2.58. The van der Waals surface area contributed by atoms with E-state index in [1.807, 2.05) is 37.3 Å². The molecular formula is C12H15N3OS. The van der Waals surface area contributed by atoms with E-state index in [4.69, 9.17) is 10.5 Å². The van der Waals surface area contributed by atoms with E-state index in [2.05, 4.69) is 10.2 Å². The van der Waals surface area contributed by atoms with Crippen LogP contribution in [0, 0.1) is 0 Å². The van der Waals surface area contributed by atoms with Crippen LogP contribution in [0.2, 0.25) is 0 Å². The number of hydrogen-bond donors (Lipinski definition) is 1. The smallest absolute Gasteiger partial charge is 0.146 e. The molecule has 0 radical (unpaired) electrons. The Bertz CT molecular complexity index is 472. The van der Waals surface area contributed by atoms with E-state index in [-0.39, 0.29) is 12.1 Å². The highest BCUT2D eigenvalue weighted by molar-refractivity contribution is 7.11. The number of rotatable bonds is 4. The predicted molar refractivity (Wildman–Crippen MR) is 67.8 cm³/mol. The van der Waals surface area contributed by atoms with Crippen molar-refractivity contribution in [3.8, 4) is 0 Å². The van der Waals surface area contributed by atoms with E-state index in [1.54, 1.807) is 7.11 Å². The summed E-state index contributed by atoms with van der Waals surface area (Å²) in [6.07, 6.45) is -0.0378. The molecule has 0 spiro atoms. The van der Waals surface area contributed by atoms with Gasteiger partial charge in [0.2, 0.25) is 0 Å². The zero-order valence-corrected chi connectivity index (χ0v) is 10.6. The Hall–Kier alpha value is -1.30. The average molecular weight is 249 g/mol. The third-order valence-corrected chi connectivity index (χ3v) is 3.75. The molecule has 0 saturated heterocycles. The Kier molecular flexibility index (Phi) is 3.83. The van der Waals surface area contributed by atoms with Crippen LogP contribution in [0.1, 0.15) is 34.6 Å². The first-order valence-electron chi connectivity index (χ1n) is 5.39. The molecule has 0 fully saturated rings. The van der Waals surface area contributed by atoms with Crippen molar-refractivity contribution in [3.63, 3.8) is 0 Å². The van der Waals surface area contributed by atoms with E-state index in [9.17, 15) is 0 Å². The molecule has 0 aliphatic heterocycles. The van der Waals surface area contributed by atoms with Crippen molar-refractivity contribution < 1.29 is 4.74 Å². The van der Waals surface area contributed by atoms with Crippen molar-refractivity contribution in [1.29, 1.82) is 0 Å². The molecule has 17 heavy (non-hydrogen) atoms. The lowest BCUT2D eigenvalue weighted by atomic mass is 10.1. The van der Waals surface area contributed by atoms with Crippen molar-refractivity contribution >= 4 is 11.3 Å². The molecule has 1 aromatic carbocycles. The summed E-state index contributed by atoms with van der Waals surface area (Å²) in [5, 5.41) is 9.89. The van der Waals surface area contributed by atoms with Gasteiger partial charge in [-0.3, -0.25) is 0 Å². The normalized spacial score (nSPS) is 14.5. The lowest BCUT2D eigenvalue weighted by Crippen LogP contribution is -2.11. The molecule has 0 amide bonds. The average Bonchev–Trinajstić information content (AvgIpc) is 2.87. The van der Waals surface area contributed by atoms with Gasteiger partial charge in [-0.1, -0.05) is 41.7 Å². The Balaban J connectivity index is 2.20. The lowest BCUT2D eigenvalue weighted by Gasteiger charge is -2.07. The summed E-state index contributed by atoms with van der Waals surface area (Å²) in [7, 11) is 1.66. The third kappa shape index (κ3) is 2.69. The molecular weight excluding hydrogens is 234 g/mol. The van der Waals surface area contributed by atoms with E-state index in [0.29, 0.717) is 0 Å². The summed E-state index contributed by atoms with van der Waals surface area (Å²) in [4.78, 5) is 0. The molecule has 2 aromatic rings. The highest BCUT2D eigenvalue weighted by Gasteiger charge is 2.17. The number of aromatic nitrogens is 2. The van der Waals surface area contributed by atoms with Crippen LogP contribution >= 0.6 is 11.3 Å². The molecule has 2 N–H and O–H groups in total. The zero-order chi connectivity index (χ0) is 12.3. The largest absolute Gasteiger partial charge is 0.374 e. The first-order valence-corrected chi connectivity index (χ1v) is 6.20. The summed E-state index contributed by atoms with van der Waals surface area (Å²) in [6.45, 7) is 1.94. The number of nitrogens with two attached hydrogens (primary N) is 1. The molecule has 90 valence electrons. The molecule has 5 heteroatoms. The van der Waals surface area contributed by atoms with Crippen molar-refractivity contribution in [1.82, 2.24) is 10.2 Å². The molecule has 0 bridgehead atoms. The molecule has 2 atom stereocenters. The van der Waals surface area contributed by atoms with Gasteiger partial charge < -0.3 is 10.5 Å². The van der Waals surface area contributed by atoms with Gasteiger partial charge in [-0.25, -0.2) is 0 Å². The fourth-order valence-electron chi connectivity index (χ4n) is 1.44. The van der Waals surface area contributed by atoms with Gasteiger partial charge >= 0.3 is 0 Å². The number of methoxy groups -OCH3 is 1. The molecule has 4 nitrogen and oxygen atoms in total. The Morgan fingerprint density at radius 3 is 2.47 bits per heavy atom. The first kappa shape index (κ1) is 12.2. The summed E-state index contributed by atoms with van der Waals surface area (Å²) < 4.78 is 5.20. The monoisotopic (exact) mass is 249 g/mol. The summed E-state index contributed by atoms with van der Waals surface area (Å²) >= 11 is 1.50. The SMILES string of the molecule is COC(C)c1nnc(C(N)c2ccccc2)s1. The molecule has 0 aliphatic rings. The van der Waals surface area contributed by atoms with Crippen LogP contribution in [-0.4, -0.2) is 17.3 Å². The van der Waals surface area contributed by atoms with Crippen molar-refractivity contribution in [3.05, 3.63) is 45.9 Å². The Morgan fingerprint density at radius 2 is 1.82 bits per heavy atom. The minimum absolute atomic E-state index is 0.0378. The van der Waals surface area contributed by atoms with Crippen LogP contribution in [0.25, 0.3) is 0 Å². The second-order valence-electron chi connectivity index (χ2n) is 3.74. The fraction of sp³-hybridized carbons (Fsp3) is 0.333. The van der Waals surface area contributed by atoms with Crippen LogP contribution in [0.3, 0.4) is 0 Å². The van der Waals surface area contributed by atoms with Crippen LogP contribution < -0.4 is 5.73 Å².